The number of aromatic hydroxyl groups is 1. The Hall–Kier alpha value is -2.77. The van der Waals surface area contributed by atoms with E-state index in [1.165, 1.54) is 51.5 Å². The average molecular weight is 497 g/mol. The second-order valence-corrected chi connectivity index (χ2v) is 10.2. The first-order valence-electron chi connectivity index (χ1n) is 12.4. The highest BCUT2D eigenvalue weighted by molar-refractivity contribution is 6.32. The summed E-state index contributed by atoms with van der Waals surface area (Å²) in [6, 6.07) is 6.47. The molecule has 0 spiro atoms. The minimum absolute atomic E-state index is 0.0819. The van der Waals surface area contributed by atoms with Crippen LogP contribution in [0.1, 0.15) is 55.8 Å². The number of aromatic nitrogens is 2. The largest absolute Gasteiger partial charge is 0.504 e. The molecular formula is C27H30ClFN4O2. The number of likely N-dealkylation sites (tertiary alicyclic amines) is 1. The van der Waals surface area contributed by atoms with Crippen molar-refractivity contribution >= 4 is 34.1 Å². The Morgan fingerprint density at radius 2 is 1.94 bits per heavy atom. The molecule has 3 heterocycles. The van der Waals surface area contributed by atoms with Crippen LogP contribution in [0.4, 0.5) is 10.1 Å². The third-order valence-electron chi connectivity index (χ3n) is 7.32. The Balaban J connectivity index is 1.43. The minimum Gasteiger partial charge on any atom is -0.504 e. The zero-order chi connectivity index (χ0) is 24.5. The van der Waals surface area contributed by atoms with Crippen molar-refractivity contribution in [3.63, 3.8) is 0 Å². The van der Waals surface area contributed by atoms with Gasteiger partial charge in [0.2, 0.25) is 0 Å². The lowest BCUT2D eigenvalue weighted by molar-refractivity contribution is 0.101. The summed E-state index contributed by atoms with van der Waals surface area (Å²) in [5.41, 5.74) is 3.31. The topological polar surface area (TPSA) is 78.3 Å². The maximum atomic E-state index is 14.1. The van der Waals surface area contributed by atoms with Gasteiger partial charge in [0, 0.05) is 24.3 Å². The van der Waals surface area contributed by atoms with Gasteiger partial charge >= 0.3 is 0 Å². The highest BCUT2D eigenvalue weighted by Crippen LogP contribution is 2.35. The van der Waals surface area contributed by atoms with Crippen molar-refractivity contribution in [3.8, 4) is 17.0 Å². The van der Waals surface area contributed by atoms with Crippen molar-refractivity contribution in [1.29, 1.82) is 0 Å². The van der Waals surface area contributed by atoms with Crippen LogP contribution in [0.15, 0.2) is 30.5 Å². The number of halogens is 2. The number of nitrogens with zero attached hydrogens (tertiary/aromatic N) is 3. The zero-order valence-electron chi connectivity index (χ0n) is 19.9. The van der Waals surface area contributed by atoms with Crippen molar-refractivity contribution in [2.45, 2.75) is 51.5 Å². The highest BCUT2D eigenvalue weighted by Gasteiger charge is 2.26. The number of nitrogens with one attached hydrogen (secondary N) is 1. The fourth-order valence-corrected chi connectivity index (χ4v) is 5.59. The third-order valence-corrected chi connectivity index (χ3v) is 7.60. The second kappa shape index (κ2) is 10.1. The quantitative estimate of drug-likeness (QED) is 0.403. The van der Waals surface area contributed by atoms with Crippen LogP contribution in [0.25, 0.3) is 22.3 Å². The summed E-state index contributed by atoms with van der Waals surface area (Å²) >= 11 is 5.99. The van der Waals surface area contributed by atoms with Gasteiger partial charge in [0.15, 0.2) is 17.3 Å². The van der Waals surface area contributed by atoms with Gasteiger partial charge in [0.1, 0.15) is 5.52 Å². The van der Waals surface area contributed by atoms with Crippen molar-refractivity contribution in [2.75, 3.05) is 25.0 Å². The first-order valence-corrected chi connectivity index (χ1v) is 12.7. The fourth-order valence-electron chi connectivity index (χ4n) is 5.38. The van der Waals surface area contributed by atoms with Crippen LogP contribution >= 0.6 is 11.6 Å². The number of rotatable bonds is 6. The van der Waals surface area contributed by atoms with Gasteiger partial charge in [-0.1, -0.05) is 11.6 Å². The van der Waals surface area contributed by atoms with E-state index in [4.69, 9.17) is 16.6 Å². The predicted molar refractivity (Wildman–Crippen MR) is 137 cm³/mol. The Bertz CT molecular complexity index is 1230. The molecule has 1 saturated heterocycles. The molecule has 0 atom stereocenters. The first-order chi connectivity index (χ1) is 16.9. The minimum atomic E-state index is -0.811. The summed E-state index contributed by atoms with van der Waals surface area (Å²) in [5, 5.41) is 13.2. The molecule has 184 valence electrons. The lowest BCUT2D eigenvalue weighted by Gasteiger charge is -2.32. The monoisotopic (exact) mass is 496 g/mol. The molecule has 0 unspecified atom stereocenters. The number of carbonyl (C=O) groups is 1. The van der Waals surface area contributed by atoms with Gasteiger partial charge in [-0.2, -0.15) is 0 Å². The molecule has 1 aromatic carbocycles. The van der Waals surface area contributed by atoms with Gasteiger partial charge in [0.05, 0.1) is 27.5 Å². The van der Waals surface area contributed by atoms with Crippen LogP contribution < -0.4 is 5.32 Å². The number of Topliss-reactive ketones (excluding diaryl/α,β-unsaturated/α-hetero) is 1. The van der Waals surface area contributed by atoms with E-state index >= 15 is 0 Å². The van der Waals surface area contributed by atoms with E-state index in [1.54, 1.807) is 18.3 Å². The number of ketones is 1. The van der Waals surface area contributed by atoms with E-state index in [0.717, 1.165) is 31.6 Å². The van der Waals surface area contributed by atoms with Crippen LogP contribution in [0.3, 0.4) is 0 Å². The Morgan fingerprint density at radius 1 is 1.20 bits per heavy atom. The lowest BCUT2D eigenvalue weighted by Crippen LogP contribution is -2.33. The molecule has 2 N–H and O–H groups in total. The second-order valence-electron chi connectivity index (χ2n) is 9.83. The van der Waals surface area contributed by atoms with E-state index in [0.29, 0.717) is 33.5 Å². The average Bonchev–Trinajstić information content (AvgIpc) is 3.36. The maximum absolute atomic E-state index is 14.1. The molecule has 0 amide bonds. The summed E-state index contributed by atoms with van der Waals surface area (Å²) in [6.45, 7) is 5.18. The van der Waals surface area contributed by atoms with Crippen molar-refractivity contribution in [1.82, 2.24) is 14.9 Å². The van der Waals surface area contributed by atoms with Crippen LogP contribution in [-0.4, -0.2) is 51.4 Å². The summed E-state index contributed by atoms with van der Waals surface area (Å²) in [6.07, 6.45) is 8.64. The number of anilines is 1. The Morgan fingerprint density at radius 3 is 2.63 bits per heavy atom. The van der Waals surface area contributed by atoms with E-state index in [9.17, 15) is 14.3 Å². The summed E-state index contributed by atoms with van der Waals surface area (Å²) in [5.74, 6) is -0.754. The predicted octanol–water partition coefficient (Wildman–Crippen LogP) is 6.06. The number of phenolic OH excluding ortho intramolecular Hbond substituents is 1. The third kappa shape index (κ3) is 5.11. The molecule has 6 nitrogen and oxygen atoms in total. The lowest BCUT2D eigenvalue weighted by atomic mass is 9.85. The van der Waals surface area contributed by atoms with E-state index in [1.807, 2.05) is 0 Å². The Kier molecular flexibility index (Phi) is 6.89. The molecule has 8 heteroatoms. The molecule has 1 aliphatic heterocycles. The molecule has 2 fully saturated rings. The number of phenols is 1. The zero-order valence-corrected chi connectivity index (χ0v) is 20.6. The van der Waals surface area contributed by atoms with Crippen molar-refractivity contribution in [3.05, 3.63) is 46.9 Å². The van der Waals surface area contributed by atoms with Gasteiger partial charge < -0.3 is 15.3 Å². The highest BCUT2D eigenvalue weighted by atomic mass is 35.5. The van der Waals surface area contributed by atoms with Crippen LogP contribution in [-0.2, 0) is 0 Å². The maximum Gasteiger partial charge on any atom is 0.170 e. The Labute approximate surface area is 209 Å². The van der Waals surface area contributed by atoms with Gasteiger partial charge in [0.25, 0.3) is 0 Å². The van der Waals surface area contributed by atoms with E-state index < -0.39 is 11.6 Å². The van der Waals surface area contributed by atoms with Crippen molar-refractivity contribution in [2.24, 2.45) is 5.92 Å². The smallest absolute Gasteiger partial charge is 0.170 e. The van der Waals surface area contributed by atoms with Crippen molar-refractivity contribution < 1.29 is 14.3 Å². The van der Waals surface area contributed by atoms with E-state index in [-0.39, 0.29) is 16.8 Å². The molecule has 0 bridgehead atoms. The summed E-state index contributed by atoms with van der Waals surface area (Å²) in [4.78, 5) is 24.3. The molecule has 2 aromatic heterocycles. The number of fused-ring (bicyclic) bond motifs is 1. The number of hydrogen-bond acceptors (Lipinski definition) is 6. The number of pyridine rings is 2. The summed E-state index contributed by atoms with van der Waals surface area (Å²) in [7, 11) is 0. The van der Waals surface area contributed by atoms with Gasteiger partial charge in [-0.05, 0) is 88.7 Å². The number of benzene rings is 1. The molecule has 3 aromatic rings. The summed E-state index contributed by atoms with van der Waals surface area (Å²) < 4.78 is 14.1. The van der Waals surface area contributed by atoms with E-state index in [2.05, 4.69) is 15.2 Å². The normalized spacial score (nSPS) is 20.9. The molecule has 5 rings (SSSR count). The van der Waals surface area contributed by atoms with Gasteiger partial charge in [-0.15, -0.1) is 0 Å². The van der Waals surface area contributed by atoms with Crippen LogP contribution in [0.2, 0.25) is 5.02 Å². The molecule has 1 aliphatic carbocycles. The van der Waals surface area contributed by atoms with Crippen LogP contribution in [0.5, 0.6) is 5.75 Å². The standard InChI is InChI=1S/C27H30ClFN4O2/c1-16(34)20-14-30-24-9-8-23(18-12-21(28)27(35)22(29)13-18)32-26(24)25(20)31-19-6-4-17(5-7-19)15-33-10-2-3-11-33/h8-9,12-14,17,19,35H,2-7,10-11,15H2,1H3,(H,30,31)/t17-,19-. The molecular weight excluding hydrogens is 467 g/mol. The molecule has 2 aliphatic rings. The molecule has 0 radical (unpaired) electrons. The fraction of sp³-hybridized carbons (Fsp3) is 0.444. The molecule has 1 saturated carbocycles. The number of carbonyl (C=O) groups excluding carboxylic acids is 1. The SMILES string of the molecule is CC(=O)c1cnc2ccc(-c3cc(F)c(O)c(Cl)c3)nc2c1N[C@H]1CC[C@H](CN2CCCC2)CC1. The number of hydrogen-bond donors (Lipinski definition) is 2. The first kappa shape index (κ1) is 23.9. The van der Waals surface area contributed by atoms with Gasteiger partial charge in [-0.25, -0.2) is 9.37 Å². The van der Waals surface area contributed by atoms with Gasteiger partial charge in [-0.3, -0.25) is 9.78 Å². The molecule has 35 heavy (non-hydrogen) atoms. The van der Waals surface area contributed by atoms with Crippen LogP contribution in [0, 0.1) is 11.7 Å².